The summed E-state index contributed by atoms with van der Waals surface area (Å²) < 4.78 is 44.3. The summed E-state index contributed by atoms with van der Waals surface area (Å²) in [5.74, 6) is 0. The second-order valence-corrected chi connectivity index (χ2v) is 9.31. The molecule has 11 N–H and O–H groups in total. The van der Waals surface area contributed by atoms with Gasteiger partial charge in [0.1, 0.15) is 54.9 Å². The second kappa shape index (κ2) is 8.99. The molecule has 184 valence electrons. The average Bonchev–Trinajstić information content (AvgIpc) is 2.71. The van der Waals surface area contributed by atoms with Gasteiger partial charge in [0.2, 0.25) is 0 Å². The Morgan fingerprint density at radius 1 is 0.774 bits per heavy atom. The van der Waals surface area contributed by atoms with Gasteiger partial charge < -0.3 is 60.5 Å². The van der Waals surface area contributed by atoms with Gasteiger partial charge in [0, 0.05) is 0 Å². The quantitative estimate of drug-likeness (QED) is 0.158. The lowest BCUT2D eigenvalue weighted by molar-refractivity contribution is -0.326. The fraction of sp³-hybridized carbons (Fsp3) is 1.00. The molecule has 31 heavy (non-hydrogen) atoms. The number of ether oxygens (including phenoxy) is 2. The van der Waals surface area contributed by atoms with E-state index in [1.807, 2.05) is 0 Å². The molecule has 0 aromatic rings. The van der Waals surface area contributed by atoms with Crippen LogP contribution in [0.15, 0.2) is 0 Å². The number of rotatable bonds is 6. The van der Waals surface area contributed by atoms with Gasteiger partial charge in [-0.1, -0.05) is 0 Å². The normalized spacial score (nSPS) is 46.2. The van der Waals surface area contributed by atoms with Crippen molar-refractivity contribution in [3.63, 3.8) is 0 Å². The van der Waals surface area contributed by atoms with Crippen molar-refractivity contribution in [1.82, 2.24) is 0 Å². The third-order valence-corrected chi connectivity index (χ3v) is 7.23. The zero-order valence-corrected chi connectivity index (χ0v) is 17.0. The highest BCUT2D eigenvalue weighted by Gasteiger charge is 2.72. The van der Waals surface area contributed by atoms with Gasteiger partial charge in [0.05, 0.1) is 19.3 Å². The molecular formula is C15H28O15S. The monoisotopic (exact) mass is 480 g/mol. The van der Waals surface area contributed by atoms with Crippen LogP contribution in [-0.4, -0.2) is 149 Å². The molecule has 0 amide bonds. The van der Waals surface area contributed by atoms with E-state index in [0.717, 1.165) is 6.92 Å². The molecule has 2 rings (SSSR count). The molecule has 2 saturated heterocycles. The van der Waals surface area contributed by atoms with Crippen LogP contribution in [0.2, 0.25) is 0 Å². The molecule has 16 heteroatoms. The topological polar surface area (TPSA) is 275 Å². The van der Waals surface area contributed by atoms with E-state index >= 15 is 0 Å². The van der Waals surface area contributed by atoms with Crippen LogP contribution in [0.4, 0.5) is 0 Å². The van der Waals surface area contributed by atoms with E-state index in [2.05, 4.69) is 0 Å². The van der Waals surface area contributed by atoms with Crippen LogP contribution in [0, 0.1) is 0 Å². The smallest absolute Gasteiger partial charge is 0.301 e. The minimum absolute atomic E-state index is 1.03. The molecule has 0 aromatic heterocycles. The minimum Gasteiger partial charge on any atom is -0.394 e. The van der Waals surface area contributed by atoms with Crippen molar-refractivity contribution in [1.29, 1.82) is 0 Å². The van der Waals surface area contributed by atoms with Gasteiger partial charge in [-0.05, 0) is 6.92 Å². The van der Waals surface area contributed by atoms with E-state index in [9.17, 15) is 64.0 Å². The van der Waals surface area contributed by atoms with Crippen molar-refractivity contribution in [3.05, 3.63) is 0 Å². The zero-order chi connectivity index (χ0) is 24.1. The first kappa shape index (κ1) is 26.7. The Kier molecular flexibility index (Phi) is 7.74. The maximum absolute atomic E-state index is 12.2. The lowest BCUT2D eigenvalue weighted by atomic mass is 9.77. The molecule has 12 atom stereocenters. The van der Waals surface area contributed by atoms with Crippen LogP contribution < -0.4 is 0 Å². The Labute approximate surface area is 176 Å². The number of hydrogen-bond donors (Lipinski definition) is 11. The molecule has 2 aliphatic heterocycles. The summed E-state index contributed by atoms with van der Waals surface area (Å²) in [5, 5.41) is 101. The SMILES string of the molecule is C[C@H]1OC(C(O)(C(O)(CO)C2O[C@H](CO)[C@H](O)[C@H](O)[C@H]2O)S(=O)(=O)O)[C@H](O)[C@@H](O)[C@@H]1O. The number of aliphatic hydroxyl groups excluding tert-OH is 8. The Morgan fingerprint density at radius 2 is 1.26 bits per heavy atom. The van der Waals surface area contributed by atoms with Gasteiger partial charge in [-0.25, -0.2) is 0 Å². The van der Waals surface area contributed by atoms with Crippen LogP contribution in [0.25, 0.3) is 0 Å². The third-order valence-electron chi connectivity index (χ3n) is 5.86. The van der Waals surface area contributed by atoms with Crippen LogP contribution >= 0.6 is 0 Å². The van der Waals surface area contributed by atoms with Crippen molar-refractivity contribution in [3.8, 4) is 0 Å². The highest BCUT2D eigenvalue weighted by atomic mass is 32.2. The fourth-order valence-electron chi connectivity index (χ4n) is 3.89. The minimum atomic E-state index is -5.99. The lowest BCUT2D eigenvalue weighted by Gasteiger charge is -2.54. The highest BCUT2D eigenvalue weighted by Crippen LogP contribution is 2.43. The zero-order valence-electron chi connectivity index (χ0n) is 16.1. The third kappa shape index (κ3) is 4.00. The van der Waals surface area contributed by atoms with Gasteiger partial charge in [0.25, 0.3) is 4.93 Å². The summed E-state index contributed by atoms with van der Waals surface area (Å²) in [6, 6.07) is 0. The van der Waals surface area contributed by atoms with Gasteiger partial charge in [-0.2, -0.15) is 8.42 Å². The fourth-order valence-corrected chi connectivity index (χ4v) is 5.01. The van der Waals surface area contributed by atoms with E-state index in [-0.39, 0.29) is 0 Å². The molecule has 0 aromatic carbocycles. The summed E-state index contributed by atoms with van der Waals surface area (Å²) >= 11 is 0. The van der Waals surface area contributed by atoms with E-state index in [4.69, 9.17) is 9.47 Å². The van der Waals surface area contributed by atoms with E-state index in [1.54, 1.807) is 0 Å². The molecule has 2 heterocycles. The Hall–Kier alpha value is -0.570. The predicted molar refractivity (Wildman–Crippen MR) is 94.7 cm³/mol. The van der Waals surface area contributed by atoms with Gasteiger partial charge >= 0.3 is 10.1 Å². The summed E-state index contributed by atoms with van der Waals surface area (Å²) in [5.41, 5.74) is -3.69. The van der Waals surface area contributed by atoms with Crippen molar-refractivity contribution >= 4 is 10.1 Å². The standard InChI is InChI=1S/C15H28O15S/c1-4-6(18)8(20)11(23)13(29-4)15(25,31(26,27)28)14(24,3-17)12-10(22)9(21)7(19)5(2-16)30-12/h4-13,16-25H,2-3H2,1H3,(H,26,27,28)/t4-,5-,6-,7+,8+,9+,10-,11-,12?,13?,14?,15?/m1/s1. The van der Waals surface area contributed by atoms with E-state index in [0.29, 0.717) is 0 Å². The van der Waals surface area contributed by atoms with Gasteiger partial charge in [-0.15, -0.1) is 0 Å². The van der Waals surface area contributed by atoms with Crippen LogP contribution in [0.5, 0.6) is 0 Å². The molecule has 0 spiro atoms. The Morgan fingerprint density at radius 3 is 1.71 bits per heavy atom. The number of hydrogen-bond acceptors (Lipinski definition) is 14. The summed E-state index contributed by atoms with van der Waals surface area (Å²) in [7, 11) is -5.99. The first-order chi connectivity index (χ1) is 14.1. The maximum atomic E-state index is 12.2. The number of aliphatic hydroxyl groups is 10. The molecule has 0 aliphatic carbocycles. The van der Waals surface area contributed by atoms with Crippen molar-refractivity contribution in [2.24, 2.45) is 0 Å². The van der Waals surface area contributed by atoms with Crippen LogP contribution in [0.1, 0.15) is 6.92 Å². The lowest BCUT2D eigenvalue weighted by Crippen LogP contribution is -2.80. The van der Waals surface area contributed by atoms with Gasteiger partial charge in [0.15, 0.2) is 5.60 Å². The summed E-state index contributed by atoms with van der Waals surface area (Å²) in [6.07, 6.45) is -21.3. The first-order valence-corrected chi connectivity index (χ1v) is 10.6. The molecule has 0 bridgehead atoms. The van der Waals surface area contributed by atoms with Crippen LogP contribution in [0.3, 0.4) is 0 Å². The molecule has 4 unspecified atom stereocenters. The van der Waals surface area contributed by atoms with Crippen molar-refractivity contribution < 1.29 is 73.5 Å². The predicted octanol–water partition coefficient (Wildman–Crippen LogP) is -7.00. The van der Waals surface area contributed by atoms with E-state index in [1.165, 1.54) is 0 Å². The average molecular weight is 480 g/mol. The molecule has 0 radical (unpaired) electrons. The molecule has 2 aliphatic rings. The molecule has 2 fully saturated rings. The van der Waals surface area contributed by atoms with Crippen molar-refractivity contribution in [2.75, 3.05) is 13.2 Å². The summed E-state index contributed by atoms with van der Waals surface area (Å²) in [6.45, 7) is -1.76. The van der Waals surface area contributed by atoms with Crippen LogP contribution in [-0.2, 0) is 19.6 Å². The Bertz CT molecular complexity index is 732. The largest absolute Gasteiger partial charge is 0.394 e. The maximum Gasteiger partial charge on any atom is 0.301 e. The van der Waals surface area contributed by atoms with Gasteiger partial charge in [-0.3, -0.25) is 4.55 Å². The molecule has 15 nitrogen and oxygen atoms in total. The van der Waals surface area contributed by atoms with Crippen molar-refractivity contribution in [2.45, 2.75) is 78.5 Å². The second-order valence-electron chi connectivity index (χ2n) is 7.74. The summed E-state index contributed by atoms with van der Waals surface area (Å²) in [4.78, 5) is -4.14. The first-order valence-electron chi connectivity index (χ1n) is 9.12. The molecule has 0 saturated carbocycles. The van der Waals surface area contributed by atoms with E-state index < -0.39 is 94.9 Å². The Balaban J connectivity index is 2.67. The molecular weight excluding hydrogens is 452 g/mol. The highest BCUT2D eigenvalue weighted by molar-refractivity contribution is 7.87.